The lowest BCUT2D eigenvalue weighted by Crippen LogP contribution is -2.32. The first-order valence-electron chi connectivity index (χ1n) is 8.32. The van der Waals surface area contributed by atoms with Crippen LogP contribution in [0.2, 0.25) is 0 Å². The fraction of sp³-hybridized carbons (Fsp3) is 0.444. The summed E-state index contributed by atoms with van der Waals surface area (Å²) in [5, 5.41) is 7.14. The van der Waals surface area contributed by atoms with Gasteiger partial charge in [-0.3, -0.25) is 4.79 Å². The topological polar surface area (TPSA) is 63.2 Å². The summed E-state index contributed by atoms with van der Waals surface area (Å²) in [7, 11) is 1.62. The van der Waals surface area contributed by atoms with Gasteiger partial charge in [-0.05, 0) is 44.7 Å². The molecule has 3 rings (SSSR count). The van der Waals surface area contributed by atoms with Crippen LogP contribution in [0.5, 0.6) is 5.75 Å². The first-order chi connectivity index (χ1) is 11.7. The third kappa shape index (κ3) is 3.87. The number of aromatic nitrogens is 1. The van der Waals surface area contributed by atoms with Crippen LogP contribution in [0.3, 0.4) is 0 Å². The highest BCUT2D eigenvalue weighted by Gasteiger charge is 2.19. The van der Waals surface area contributed by atoms with Gasteiger partial charge in [0.05, 0.1) is 31.1 Å². The number of benzene rings is 1. The van der Waals surface area contributed by atoms with Gasteiger partial charge in [0, 0.05) is 4.88 Å². The molecular weight excluding hydrogens is 322 g/mol. The van der Waals surface area contributed by atoms with E-state index in [0.717, 1.165) is 29.3 Å². The third-order valence-electron chi connectivity index (χ3n) is 4.16. The molecule has 2 aromatic rings. The summed E-state index contributed by atoms with van der Waals surface area (Å²) in [5.74, 6) is 0.674. The number of ether oxygens (including phenoxy) is 1. The Hall–Kier alpha value is -2.08. The molecule has 1 atom stereocenters. The van der Waals surface area contributed by atoms with Gasteiger partial charge < -0.3 is 15.4 Å². The van der Waals surface area contributed by atoms with Gasteiger partial charge >= 0.3 is 0 Å². The summed E-state index contributed by atoms with van der Waals surface area (Å²) in [6.45, 7) is 2.20. The SMILES string of the molecule is COc1ccccc1NCC(=O)NC(C)c1nc2c(s1)CCCC2. The van der Waals surface area contributed by atoms with Crippen LogP contribution in [-0.4, -0.2) is 24.5 Å². The molecule has 0 saturated heterocycles. The number of hydrogen-bond donors (Lipinski definition) is 2. The smallest absolute Gasteiger partial charge is 0.239 e. The second kappa shape index (κ2) is 7.66. The predicted molar refractivity (Wildman–Crippen MR) is 96.8 cm³/mol. The van der Waals surface area contributed by atoms with Gasteiger partial charge in [0.1, 0.15) is 10.8 Å². The second-order valence-corrected chi connectivity index (χ2v) is 7.09. The van der Waals surface area contributed by atoms with Crippen LogP contribution < -0.4 is 15.4 Å². The van der Waals surface area contributed by atoms with Crippen molar-refractivity contribution in [1.29, 1.82) is 0 Å². The van der Waals surface area contributed by atoms with Crippen molar-refractivity contribution in [3.05, 3.63) is 39.8 Å². The van der Waals surface area contributed by atoms with Crippen molar-refractivity contribution in [2.45, 2.75) is 38.6 Å². The minimum Gasteiger partial charge on any atom is -0.495 e. The minimum absolute atomic E-state index is 0.0541. The van der Waals surface area contributed by atoms with E-state index in [0.29, 0.717) is 0 Å². The Bertz CT molecular complexity index is 691. The number of nitrogens with one attached hydrogen (secondary N) is 2. The van der Waals surface area contributed by atoms with Gasteiger partial charge in [0.15, 0.2) is 0 Å². The van der Waals surface area contributed by atoms with Gasteiger partial charge in [-0.15, -0.1) is 11.3 Å². The van der Waals surface area contributed by atoms with Crippen molar-refractivity contribution >= 4 is 22.9 Å². The molecule has 5 nitrogen and oxygen atoms in total. The molecule has 0 aliphatic heterocycles. The number of amides is 1. The number of methoxy groups -OCH3 is 1. The van der Waals surface area contributed by atoms with E-state index in [1.165, 1.54) is 23.4 Å². The molecule has 1 unspecified atom stereocenters. The Morgan fingerprint density at radius 3 is 2.92 bits per heavy atom. The van der Waals surface area contributed by atoms with Crippen molar-refractivity contribution in [2.75, 3.05) is 19.0 Å². The first kappa shape index (κ1) is 16.8. The molecule has 24 heavy (non-hydrogen) atoms. The highest BCUT2D eigenvalue weighted by Crippen LogP contribution is 2.29. The van der Waals surface area contributed by atoms with Crippen LogP contribution in [0.25, 0.3) is 0 Å². The largest absolute Gasteiger partial charge is 0.495 e. The van der Waals surface area contributed by atoms with Crippen LogP contribution in [0, 0.1) is 0 Å². The molecule has 0 bridgehead atoms. The van der Waals surface area contributed by atoms with E-state index in [2.05, 4.69) is 10.6 Å². The Labute approximate surface area is 146 Å². The highest BCUT2D eigenvalue weighted by molar-refractivity contribution is 7.11. The third-order valence-corrected chi connectivity index (χ3v) is 5.50. The molecule has 128 valence electrons. The van der Waals surface area contributed by atoms with Gasteiger partial charge in [-0.1, -0.05) is 12.1 Å². The van der Waals surface area contributed by atoms with Gasteiger partial charge in [-0.2, -0.15) is 0 Å². The number of fused-ring (bicyclic) bond motifs is 1. The van der Waals surface area contributed by atoms with Crippen LogP contribution in [0.4, 0.5) is 5.69 Å². The molecule has 1 amide bonds. The average Bonchev–Trinajstić information content (AvgIpc) is 3.04. The molecule has 1 aromatic heterocycles. The molecule has 1 aromatic carbocycles. The summed E-state index contributed by atoms with van der Waals surface area (Å²) < 4.78 is 5.27. The number of carbonyl (C=O) groups is 1. The number of thiazole rings is 1. The van der Waals surface area contributed by atoms with E-state index in [9.17, 15) is 4.79 Å². The lowest BCUT2D eigenvalue weighted by atomic mass is 10.0. The molecule has 1 heterocycles. The number of para-hydroxylation sites is 2. The van der Waals surface area contributed by atoms with E-state index in [4.69, 9.17) is 9.72 Å². The average molecular weight is 345 g/mol. The van der Waals surface area contributed by atoms with Crippen LogP contribution >= 0.6 is 11.3 Å². The number of carbonyl (C=O) groups excluding carboxylic acids is 1. The standard InChI is InChI=1S/C18H23N3O2S/c1-12(18-21-14-8-4-6-10-16(14)24-18)20-17(22)11-19-13-7-3-5-9-15(13)23-2/h3,5,7,9,12,19H,4,6,8,10-11H2,1-2H3,(H,20,22). The maximum absolute atomic E-state index is 12.2. The Morgan fingerprint density at radius 1 is 1.33 bits per heavy atom. The second-order valence-electron chi connectivity index (χ2n) is 5.97. The Balaban J connectivity index is 1.55. The molecule has 1 aliphatic rings. The zero-order valence-electron chi connectivity index (χ0n) is 14.1. The van der Waals surface area contributed by atoms with Gasteiger partial charge in [-0.25, -0.2) is 4.98 Å². The first-order valence-corrected chi connectivity index (χ1v) is 9.13. The Kier molecular flexibility index (Phi) is 5.35. The van der Waals surface area contributed by atoms with Crippen molar-refractivity contribution in [1.82, 2.24) is 10.3 Å². The van der Waals surface area contributed by atoms with Crippen LogP contribution in [0.1, 0.15) is 41.4 Å². The summed E-state index contributed by atoms with van der Waals surface area (Å²) >= 11 is 1.74. The fourth-order valence-corrected chi connectivity index (χ4v) is 4.03. The molecule has 0 saturated carbocycles. The fourth-order valence-electron chi connectivity index (χ4n) is 2.88. The van der Waals surface area contributed by atoms with Gasteiger partial charge in [0.25, 0.3) is 0 Å². The van der Waals surface area contributed by atoms with E-state index < -0.39 is 0 Å². The lowest BCUT2D eigenvalue weighted by molar-refractivity contribution is -0.120. The van der Waals surface area contributed by atoms with E-state index >= 15 is 0 Å². The van der Waals surface area contributed by atoms with E-state index in [1.807, 2.05) is 31.2 Å². The normalized spacial score (nSPS) is 14.6. The molecule has 0 spiro atoms. The van der Waals surface area contributed by atoms with E-state index in [1.54, 1.807) is 18.4 Å². The summed E-state index contributed by atoms with van der Waals surface area (Å²) in [4.78, 5) is 18.3. The molecule has 6 heteroatoms. The zero-order valence-corrected chi connectivity index (χ0v) is 14.9. The van der Waals surface area contributed by atoms with Crippen molar-refractivity contribution in [3.63, 3.8) is 0 Å². The quantitative estimate of drug-likeness (QED) is 0.843. The minimum atomic E-state index is -0.0624. The number of anilines is 1. The number of rotatable bonds is 6. The maximum atomic E-state index is 12.2. The summed E-state index contributed by atoms with van der Waals surface area (Å²) in [6.07, 6.45) is 4.67. The van der Waals surface area contributed by atoms with Crippen molar-refractivity contribution in [3.8, 4) is 5.75 Å². The lowest BCUT2D eigenvalue weighted by Gasteiger charge is -2.13. The maximum Gasteiger partial charge on any atom is 0.239 e. The molecule has 0 fully saturated rings. The van der Waals surface area contributed by atoms with E-state index in [-0.39, 0.29) is 18.5 Å². The summed E-state index contributed by atoms with van der Waals surface area (Å²) in [5.41, 5.74) is 2.04. The molecule has 1 aliphatic carbocycles. The van der Waals surface area contributed by atoms with Crippen LogP contribution in [-0.2, 0) is 17.6 Å². The molecule has 2 N–H and O–H groups in total. The number of hydrogen-bond acceptors (Lipinski definition) is 5. The Morgan fingerprint density at radius 2 is 2.12 bits per heavy atom. The highest BCUT2D eigenvalue weighted by atomic mass is 32.1. The monoisotopic (exact) mass is 345 g/mol. The summed E-state index contributed by atoms with van der Waals surface area (Å²) in [6, 6.07) is 7.50. The number of nitrogens with zero attached hydrogens (tertiary/aromatic N) is 1. The van der Waals surface area contributed by atoms with Gasteiger partial charge in [0.2, 0.25) is 5.91 Å². The van der Waals surface area contributed by atoms with Crippen molar-refractivity contribution in [2.24, 2.45) is 0 Å². The molecular formula is C18H23N3O2S. The van der Waals surface area contributed by atoms with Crippen LogP contribution in [0.15, 0.2) is 24.3 Å². The van der Waals surface area contributed by atoms with Crippen molar-refractivity contribution < 1.29 is 9.53 Å². The zero-order chi connectivity index (χ0) is 16.9. The molecule has 0 radical (unpaired) electrons. The predicted octanol–water partition coefficient (Wildman–Crippen LogP) is 3.32. The number of aryl methyl sites for hydroxylation is 2.